The van der Waals surface area contributed by atoms with Gasteiger partial charge in [0.25, 0.3) is 0 Å². The normalized spacial score (nSPS) is 15.4. The minimum atomic E-state index is -0.205. The zero-order valence-electron chi connectivity index (χ0n) is 15.2. The van der Waals surface area contributed by atoms with Gasteiger partial charge in [-0.25, -0.2) is 9.97 Å². The number of fused-ring (bicyclic) bond motifs is 1. The van der Waals surface area contributed by atoms with Crippen molar-refractivity contribution in [3.63, 3.8) is 0 Å². The van der Waals surface area contributed by atoms with Crippen molar-refractivity contribution in [2.24, 2.45) is 11.7 Å². The highest BCUT2D eigenvalue weighted by Crippen LogP contribution is 2.39. The fourth-order valence-corrected chi connectivity index (χ4v) is 4.56. The molecule has 1 aromatic carbocycles. The standard InChI is InChI=1S/C20H22N4O2S/c1-26-11-16-22-19(24-9-7-14(8-10-24)18(21)25)17-15(12-27-20(17)23-16)13-5-3-2-4-6-13/h2-6,12,14H,7-11H2,1H3,(H2,21,25). The third-order valence-electron chi connectivity index (χ3n) is 5.02. The molecule has 1 aliphatic rings. The maximum absolute atomic E-state index is 11.5. The number of nitrogens with zero attached hydrogens (tertiary/aromatic N) is 3. The van der Waals surface area contributed by atoms with Crippen molar-refractivity contribution in [1.82, 2.24) is 9.97 Å². The number of carbonyl (C=O) groups is 1. The number of ether oxygens (including phenoxy) is 1. The molecule has 3 heterocycles. The van der Waals surface area contributed by atoms with Crippen molar-refractivity contribution in [3.05, 3.63) is 41.5 Å². The topological polar surface area (TPSA) is 81.3 Å². The van der Waals surface area contributed by atoms with Crippen molar-refractivity contribution in [1.29, 1.82) is 0 Å². The number of anilines is 1. The van der Waals surface area contributed by atoms with Crippen molar-refractivity contribution >= 4 is 33.3 Å². The molecule has 0 saturated carbocycles. The van der Waals surface area contributed by atoms with Gasteiger partial charge in [-0.3, -0.25) is 4.79 Å². The summed E-state index contributed by atoms with van der Waals surface area (Å²) >= 11 is 1.62. The molecule has 0 aliphatic carbocycles. The molecule has 2 N–H and O–H groups in total. The molecular weight excluding hydrogens is 360 g/mol. The van der Waals surface area contributed by atoms with E-state index in [2.05, 4.69) is 22.4 Å². The number of aromatic nitrogens is 2. The predicted molar refractivity (Wildman–Crippen MR) is 108 cm³/mol. The van der Waals surface area contributed by atoms with E-state index in [1.54, 1.807) is 18.4 Å². The smallest absolute Gasteiger partial charge is 0.220 e. The number of rotatable bonds is 5. The number of carbonyl (C=O) groups excluding carboxylic acids is 1. The first kappa shape index (κ1) is 17.9. The quantitative estimate of drug-likeness (QED) is 0.733. The summed E-state index contributed by atoms with van der Waals surface area (Å²) in [5.74, 6) is 1.35. The summed E-state index contributed by atoms with van der Waals surface area (Å²) in [5.41, 5.74) is 7.79. The Morgan fingerprint density at radius 1 is 1.26 bits per heavy atom. The van der Waals surface area contributed by atoms with E-state index in [1.807, 2.05) is 18.2 Å². The van der Waals surface area contributed by atoms with Crippen molar-refractivity contribution in [2.45, 2.75) is 19.4 Å². The molecule has 140 valence electrons. The second kappa shape index (κ2) is 7.62. The van der Waals surface area contributed by atoms with Gasteiger partial charge in [-0.05, 0) is 18.4 Å². The molecule has 4 rings (SSSR count). The van der Waals surface area contributed by atoms with Gasteiger partial charge in [-0.2, -0.15) is 0 Å². The monoisotopic (exact) mass is 382 g/mol. The number of hydrogen-bond donors (Lipinski definition) is 1. The van der Waals surface area contributed by atoms with Gasteiger partial charge in [0.2, 0.25) is 5.91 Å². The average Bonchev–Trinajstić information content (AvgIpc) is 3.12. The minimum Gasteiger partial charge on any atom is -0.377 e. The van der Waals surface area contributed by atoms with Gasteiger partial charge in [0.1, 0.15) is 17.3 Å². The van der Waals surface area contributed by atoms with Crippen LogP contribution in [0.1, 0.15) is 18.7 Å². The zero-order valence-corrected chi connectivity index (χ0v) is 16.0. The SMILES string of the molecule is COCc1nc(N2CCC(C(N)=O)CC2)c2c(-c3ccccc3)csc2n1. The molecule has 0 unspecified atom stereocenters. The summed E-state index contributed by atoms with van der Waals surface area (Å²) in [6, 6.07) is 10.3. The van der Waals surface area contributed by atoms with Gasteiger partial charge >= 0.3 is 0 Å². The van der Waals surface area contributed by atoms with Crippen molar-refractivity contribution in [3.8, 4) is 11.1 Å². The third-order valence-corrected chi connectivity index (χ3v) is 5.89. The van der Waals surface area contributed by atoms with E-state index in [0.717, 1.165) is 53.1 Å². The summed E-state index contributed by atoms with van der Waals surface area (Å²) in [4.78, 5) is 24.2. The van der Waals surface area contributed by atoms with Crippen LogP contribution in [0.2, 0.25) is 0 Å². The van der Waals surface area contributed by atoms with E-state index in [0.29, 0.717) is 12.4 Å². The number of benzene rings is 1. The Bertz CT molecular complexity index is 949. The van der Waals surface area contributed by atoms with Crippen LogP contribution in [0.5, 0.6) is 0 Å². The van der Waals surface area contributed by atoms with Crippen LogP contribution in [-0.2, 0) is 16.1 Å². The number of methoxy groups -OCH3 is 1. The maximum atomic E-state index is 11.5. The van der Waals surface area contributed by atoms with Crippen molar-refractivity contribution in [2.75, 3.05) is 25.1 Å². The highest BCUT2D eigenvalue weighted by atomic mass is 32.1. The second-order valence-electron chi connectivity index (χ2n) is 6.76. The first-order valence-electron chi connectivity index (χ1n) is 9.04. The van der Waals surface area contributed by atoms with Crippen LogP contribution in [0.15, 0.2) is 35.7 Å². The predicted octanol–water partition coefficient (Wildman–Crippen LogP) is 3.21. The van der Waals surface area contributed by atoms with E-state index in [9.17, 15) is 4.79 Å². The number of piperidine rings is 1. The molecule has 0 atom stereocenters. The van der Waals surface area contributed by atoms with Crippen LogP contribution in [0.4, 0.5) is 5.82 Å². The first-order chi connectivity index (χ1) is 13.2. The van der Waals surface area contributed by atoms with E-state index in [1.165, 1.54) is 0 Å². The van der Waals surface area contributed by atoms with Crippen LogP contribution in [0.25, 0.3) is 21.3 Å². The summed E-state index contributed by atoms with van der Waals surface area (Å²) in [6.07, 6.45) is 1.51. The summed E-state index contributed by atoms with van der Waals surface area (Å²) in [7, 11) is 1.65. The molecule has 1 fully saturated rings. The molecule has 27 heavy (non-hydrogen) atoms. The third kappa shape index (κ3) is 3.52. The van der Waals surface area contributed by atoms with E-state index in [4.69, 9.17) is 20.4 Å². The van der Waals surface area contributed by atoms with Crippen molar-refractivity contribution < 1.29 is 9.53 Å². The number of hydrogen-bond acceptors (Lipinski definition) is 6. The zero-order chi connectivity index (χ0) is 18.8. The lowest BCUT2D eigenvalue weighted by Crippen LogP contribution is -2.39. The van der Waals surface area contributed by atoms with Gasteiger partial charge in [0.05, 0.1) is 5.39 Å². The largest absolute Gasteiger partial charge is 0.377 e. The highest BCUT2D eigenvalue weighted by Gasteiger charge is 2.26. The maximum Gasteiger partial charge on any atom is 0.220 e. The van der Waals surface area contributed by atoms with E-state index < -0.39 is 0 Å². The Morgan fingerprint density at radius 2 is 2.00 bits per heavy atom. The Labute approximate surface area is 162 Å². The lowest BCUT2D eigenvalue weighted by molar-refractivity contribution is -0.122. The molecule has 0 bridgehead atoms. The lowest BCUT2D eigenvalue weighted by atomic mass is 9.96. The minimum absolute atomic E-state index is 0.0481. The molecule has 1 aliphatic heterocycles. The Kier molecular flexibility index (Phi) is 5.05. The highest BCUT2D eigenvalue weighted by molar-refractivity contribution is 7.17. The number of thiophene rings is 1. The fourth-order valence-electron chi connectivity index (χ4n) is 3.59. The molecule has 1 amide bonds. The van der Waals surface area contributed by atoms with Crippen LogP contribution in [-0.4, -0.2) is 36.1 Å². The molecule has 0 radical (unpaired) electrons. The summed E-state index contributed by atoms with van der Waals surface area (Å²) in [6.45, 7) is 1.89. The number of nitrogens with two attached hydrogens (primary N) is 1. The summed E-state index contributed by atoms with van der Waals surface area (Å²) in [5, 5.41) is 3.22. The molecule has 7 heteroatoms. The summed E-state index contributed by atoms with van der Waals surface area (Å²) < 4.78 is 5.26. The second-order valence-corrected chi connectivity index (χ2v) is 7.61. The van der Waals surface area contributed by atoms with Gasteiger partial charge in [0, 0.05) is 37.1 Å². The van der Waals surface area contributed by atoms with Crippen LogP contribution in [0.3, 0.4) is 0 Å². The fraction of sp³-hybridized carbons (Fsp3) is 0.350. The van der Waals surface area contributed by atoms with Gasteiger partial charge in [-0.15, -0.1) is 11.3 Å². The average molecular weight is 382 g/mol. The number of amides is 1. The van der Waals surface area contributed by atoms with Gasteiger partial charge < -0.3 is 15.4 Å². The van der Waals surface area contributed by atoms with Gasteiger partial charge in [0.15, 0.2) is 5.82 Å². The lowest BCUT2D eigenvalue weighted by Gasteiger charge is -2.32. The number of primary amides is 1. The van der Waals surface area contributed by atoms with Gasteiger partial charge in [-0.1, -0.05) is 30.3 Å². The molecular formula is C20H22N4O2S. The first-order valence-corrected chi connectivity index (χ1v) is 9.92. The molecule has 0 spiro atoms. The Balaban J connectivity index is 1.79. The molecule has 3 aromatic rings. The van der Waals surface area contributed by atoms with Crippen LogP contribution >= 0.6 is 11.3 Å². The van der Waals surface area contributed by atoms with E-state index in [-0.39, 0.29) is 11.8 Å². The molecule has 2 aromatic heterocycles. The van der Waals surface area contributed by atoms with Crippen LogP contribution < -0.4 is 10.6 Å². The molecule has 1 saturated heterocycles. The van der Waals surface area contributed by atoms with Crippen LogP contribution in [0, 0.1) is 5.92 Å². The molecule has 6 nitrogen and oxygen atoms in total. The Morgan fingerprint density at radius 3 is 2.67 bits per heavy atom. The Hall–Kier alpha value is -2.51. The van der Waals surface area contributed by atoms with E-state index >= 15 is 0 Å².